The summed E-state index contributed by atoms with van der Waals surface area (Å²) in [6.45, 7) is 24.7. The second-order valence-electron chi connectivity index (χ2n) is 41.9. The van der Waals surface area contributed by atoms with E-state index in [1.807, 2.05) is 60.8 Å². The van der Waals surface area contributed by atoms with Gasteiger partial charge in [0.1, 0.15) is 11.4 Å². The molecule has 0 saturated carbocycles. The van der Waals surface area contributed by atoms with Crippen molar-refractivity contribution < 1.29 is 0 Å². The van der Waals surface area contributed by atoms with Gasteiger partial charge in [0.25, 0.3) is 0 Å². The molecule has 21 heteroatoms. The van der Waals surface area contributed by atoms with Crippen LogP contribution in [0.5, 0.6) is 0 Å². The van der Waals surface area contributed by atoms with Crippen molar-refractivity contribution in [3.63, 3.8) is 0 Å². The quantitative estimate of drug-likeness (QED) is 0.150. The minimum atomic E-state index is 0. The minimum absolute atomic E-state index is 0. The monoisotopic (exact) mass is 1860 g/mol. The lowest BCUT2D eigenvalue weighted by Crippen LogP contribution is -2.56. The molecule has 712 valence electrons. The molecule has 0 radical (unpaired) electrons. The third kappa shape index (κ3) is 17.2. The van der Waals surface area contributed by atoms with Crippen LogP contribution in [0.2, 0.25) is 0 Å². The molecule has 16 bridgehead atoms. The molecule has 2 atom stereocenters. The summed E-state index contributed by atoms with van der Waals surface area (Å²) in [7, 11) is 0. The van der Waals surface area contributed by atoms with E-state index in [1.54, 1.807) is 0 Å². The number of nitrogens with one attached hydrogen (secondary N) is 1. The summed E-state index contributed by atoms with van der Waals surface area (Å²) in [4.78, 5) is 69.1. The third-order valence-corrected chi connectivity index (χ3v) is 34.5. The van der Waals surface area contributed by atoms with Gasteiger partial charge < -0.3 is 29.4 Å². The highest BCUT2D eigenvalue weighted by atomic mass is 16.1. The van der Waals surface area contributed by atoms with E-state index in [0.29, 0.717) is 46.7 Å². The Morgan fingerprint density at radius 1 is 0.364 bits per heavy atom. The van der Waals surface area contributed by atoms with E-state index in [0.717, 1.165) is 153 Å². The second kappa shape index (κ2) is 38.9. The lowest BCUT2D eigenvalue weighted by atomic mass is 9.79. The average Bonchev–Trinajstić information content (AvgIpc) is 1.48. The molecule has 2 unspecified atom stereocenters. The summed E-state index contributed by atoms with van der Waals surface area (Å²) in [5.74, 6) is 5.18. The van der Waals surface area contributed by atoms with Crippen molar-refractivity contribution in [3.05, 3.63) is 329 Å². The van der Waals surface area contributed by atoms with Gasteiger partial charge in [-0.1, -0.05) is 184 Å². The number of azo groups is 1. The first-order chi connectivity index (χ1) is 68.6. The van der Waals surface area contributed by atoms with E-state index in [-0.39, 0.29) is 18.3 Å². The van der Waals surface area contributed by atoms with Crippen molar-refractivity contribution in [2.24, 2.45) is 70.8 Å². The number of anilines is 3. The fourth-order valence-corrected chi connectivity index (χ4v) is 26.7. The van der Waals surface area contributed by atoms with Crippen molar-refractivity contribution in [3.8, 4) is 0 Å². The van der Waals surface area contributed by atoms with Crippen molar-refractivity contribution in [1.82, 2.24) is 44.6 Å². The van der Waals surface area contributed by atoms with Crippen LogP contribution in [0, 0.1) is 35.5 Å². The van der Waals surface area contributed by atoms with Gasteiger partial charge in [0, 0.05) is 185 Å². The molecule has 16 saturated heterocycles. The average molecular weight is 1860 g/mol. The molecule has 32 heterocycles. The Balaban J connectivity index is 0.0000000867. The zero-order valence-electron chi connectivity index (χ0n) is 80.0. The number of rotatable bonds is 0. The number of hydrazone groups is 1. The van der Waals surface area contributed by atoms with E-state index in [2.05, 4.69) is 235 Å². The Morgan fingerprint density at radius 3 is 1.56 bits per heavy atom. The zero-order chi connectivity index (χ0) is 92.5. The molecule has 1 N–H and O–H groups in total. The number of allylic oxidation sites excluding steroid dienone is 6. The van der Waals surface area contributed by atoms with Crippen LogP contribution in [-0.2, 0) is 38.8 Å². The van der Waals surface area contributed by atoms with E-state index in [1.165, 1.54) is 280 Å². The van der Waals surface area contributed by atoms with Crippen molar-refractivity contribution >= 4 is 91.3 Å². The lowest BCUT2D eigenvalue weighted by Gasteiger charge is -2.46. The van der Waals surface area contributed by atoms with Crippen LogP contribution in [-0.4, -0.2) is 190 Å². The lowest BCUT2D eigenvalue weighted by molar-refractivity contribution is 0.145. The first kappa shape index (κ1) is 89.6. The predicted octanol–water partition coefficient (Wildman–Crippen LogP) is 20.7. The largest absolute Gasteiger partial charge is 0.373 e. The van der Waals surface area contributed by atoms with Crippen LogP contribution in [0.1, 0.15) is 189 Å². The van der Waals surface area contributed by atoms with E-state index in [9.17, 15) is 9.59 Å². The van der Waals surface area contributed by atoms with Crippen LogP contribution in [0.3, 0.4) is 0 Å². The van der Waals surface area contributed by atoms with Crippen LogP contribution in [0.15, 0.2) is 286 Å². The van der Waals surface area contributed by atoms with Gasteiger partial charge in [-0.2, -0.15) is 25.5 Å². The molecule has 30 aliphatic heterocycles. The minimum Gasteiger partial charge on any atom is -0.373 e. The standard InChI is InChI=1S/C16H16N2.C15H14N2O.C15H18N2.2C15H16N2.C14H13N3O.C14H17N3.C14H15N3.CH4/c1-11-14-5-3-2-4-13(14)10-15-16(17-11)12-6-8-18(15)9-7-12;18-15-12-4-2-1-3-11(12)9-16-13-10-5-7-17(8-6-10)14(13)15;3*1-2-4-13-10-16-15-11-5-7-17(8-6-11)14(15)9-12(13)3-1;18-14-10-3-1-2-4-11(10)15-16-12-9-5-7-17(8-6-9)13(12)14;2*1-2-4-12-11(3-1)9-13-14(16-15-12)10-5-7-17(13)8-6-10;/h2-5,10,12H,1,6-9H2;1-4,9-10H,5-8H2;1-4,11,14H,5-10H2;1-4,10-11H,5-9H2;1-4,9,11H,5-8,10H2;1-4,9H,5-8H2;1-4,10,13,15H,5-9H2;1-4,10H,5-9H2;1H4. The second-order valence-corrected chi connectivity index (χ2v) is 41.9. The normalized spacial score (nSPS) is 24.0. The van der Waals surface area contributed by atoms with Crippen LogP contribution >= 0.6 is 0 Å². The van der Waals surface area contributed by atoms with Crippen molar-refractivity contribution in [1.29, 1.82) is 0 Å². The van der Waals surface area contributed by atoms with Gasteiger partial charge in [-0.3, -0.25) is 49.8 Å². The van der Waals surface area contributed by atoms with E-state index in [4.69, 9.17) is 25.1 Å². The summed E-state index contributed by atoms with van der Waals surface area (Å²) < 4.78 is 0. The fraction of sp³-hybridized carbons (Fsp3) is 0.412. The first-order valence-electron chi connectivity index (χ1n) is 52.3. The van der Waals surface area contributed by atoms with Gasteiger partial charge in [0.05, 0.1) is 104 Å². The van der Waals surface area contributed by atoms with Crippen LogP contribution in [0.4, 0.5) is 22.7 Å². The maximum absolute atomic E-state index is 12.7. The molecule has 140 heavy (non-hydrogen) atoms. The Morgan fingerprint density at radius 2 is 0.843 bits per heavy atom. The number of piperidine rings is 16. The summed E-state index contributed by atoms with van der Waals surface area (Å²) in [6, 6.07) is 67.9. The highest BCUT2D eigenvalue weighted by Crippen LogP contribution is 2.47. The Kier molecular flexibility index (Phi) is 24.9. The molecule has 0 aliphatic carbocycles. The SMILES string of the molecule is C.C1=C2C(=NCc3ccccc31)C1CCN2CC1.C1=NC2=C(Cc3ccccc31)N1CCC2CC1.C=C1N=C2C(=Cc3ccccc31)N1CCC2CC1.O=c1c2c(ncc3ccccc13)C1CCN2CC1.O=c1c2c(nnc3ccccc13)C1CCN2CC1.c1ccc2c(c1)CC1=C(N=N2)C2CCN1CC2.c1ccc2c(c1)CC1C(=NN2)C2CCN1CC2.c1ccc2c(c1)CN=C1C3CCN(CC3)C1C2. The molecule has 0 amide bonds. The number of nitrogens with zero attached hydrogens (tertiary/aromatic N) is 18. The molecule has 0 spiro atoms. The number of aliphatic imine (C=N–C) groups is 4. The summed E-state index contributed by atoms with van der Waals surface area (Å²) >= 11 is 0. The molecule has 16 fully saturated rings. The van der Waals surface area contributed by atoms with E-state index < -0.39 is 0 Å². The van der Waals surface area contributed by atoms with Gasteiger partial charge in [-0.15, -0.1) is 0 Å². The highest BCUT2D eigenvalue weighted by molar-refractivity contribution is 6.10. The molecule has 30 aliphatic rings. The van der Waals surface area contributed by atoms with Gasteiger partial charge in [0.15, 0.2) is 0 Å². The molecule has 21 nitrogen and oxygen atoms in total. The summed E-state index contributed by atoms with van der Waals surface area (Å²) in [6.07, 6.45) is 32.9. The molecule has 40 rings (SSSR count). The Bertz CT molecular complexity index is 6630. The van der Waals surface area contributed by atoms with Crippen molar-refractivity contribution in [2.45, 2.75) is 173 Å². The van der Waals surface area contributed by atoms with Crippen LogP contribution < -0.4 is 26.1 Å². The Labute approximate surface area is 823 Å². The van der Waals surface area contributed by atoms with Crippen LogP contribution in [0.25, 0.3) is 39.5 Å². The summed E-state index contributed by atoms with van der Waals surface area (Å²) in [5, 5.41) is 24.7. The van der Waals surface area contributed by atoms with Gasteiger partial charge in [-0.05, 0) is 228 Å². The maximum atomic E-state index is 12.7. The molecule has 2 aromatic heterocycles. The van der Waals surface area contributed by atoms with Gasteiger partial charge in [0.2, 0.25) is 10.9 Å². The highest BCUT2D eigenvalue weighted by Gasteiger charge is 2.45. The number of fused-ring (bicyclic) bond motifs is 24. The fourth-order valence-electron chi connectivity index (χ4n) is 26.7. The predicted molar refractivity (Wildman–Crippen MR) is 568 cm³/mol. The van der Waals surface area contributed by atoms with E-state index >= 15 is 0 Å². The van der Waals surface area contributed by atoms with Gasteiger partial charge in [-0.25, -0.2) is 0 Å². The van der Waals surface area contributed by atoms with Crippen molar-refractivity contribution in [2.75, 3.05) is 120 Å². The zero-order valence-corrected chi connectivity index (χ0v) is 80.0. The molecule has 10 aromatic rings. The number of hydrogen-bond acceptors (Lipinski definition) is 21. The molecule has 8 aromatic carbocycles. The first-order valence-corrected chi connectivity index (χ1v) is 52.3. The number of benzene rings is 8. The number of aromatic nitrogens is 3. The smallest absolute Gasteiger partial charge is 0.213 e. The molecular weight excluding hydrogens is 1730 g/mol. The van der Waals surface area contributed by atoms with Gasteiger partial charge >= 0.3 is 0 Å². The number of para-hydroxylation sites is 1. The third-order valence-electron chi connectivity index (χ3n) is 34.5. The molecular formula is C119H129N19O2. The Hall–Kier alpha value is -13.0. The number of hydrogen-bond donors (Lipinski definition) is 1. The maximum Gasteiger partial charge on any atom is 0.213 e. The summed E-state index contributed by atoms with van der Waals surface area (Å²) in [5.41, 5.74) is 38.4. The topological polar surface area (TPSA) is 197 Å².